The summed E-state index contributed by atoms with van der Waals surface area (Å²) in [4.78, 5) is 12.2. The van der Waals surface area contributed by atoms with Crippen LogP contribution in [0.2, 0.25) is 0 Å². The van der Waals surface area contributed by atoms with Gasteiger partial charge in [0.25, 0.3) is 0 Å². The fourth-order valence-corrected chi connectivity index (χ4v) is 2.16. The lowest BCUT2D eigenvalue weighted by atomic mass is 10.0. The third-order valence-corrected chi connectivity index (χ3v) is 3.49. The topological polar surface area (TPSA) is 65.0 Å². The van der Waals surface area contributed by atoms with Crippen LogP contribution >= 0.6 is 0 Å². The molecule has 0 aliphatic rings. The van der Waals surface area contributed by atoms with E-state index in [4.69, 9.17) is 14.2 Å². The van der Waals surface area contributed by atoms with Crippen LogP contribution in [-0.2, 0) is 4.74 Å². The molecule has 122 valence electrons. The molecule has 23 heavy (non-hydrogen) atoms. The van der Waals surface area contributed by atoms with Crippen molar-refractivity contribution in [1.82, 2.24) is 0 Å². The summed E-state index contributed by atoms with van der Waals surface area (Å²) in [6.07, 6.45) is 0. The summed E-state index contributed by atoms with van der Waals surface area (Å²) in [6, 6.07) is 14.3. The Morgan fingerprint density at radius 3 is 2.17 bits per heavy atom. The Hall–Kier alpha value is -2.53. The molecule has 0 radical (unpaired) electrons. The summed E-state index contributed by atoms with van der Waals surface area (Å²) in [5.74, 6) is 0.278. The Morgan fingerprint density at radius 2 is 1.65 bits per heavy atom. The number of benzene rings is 2. The number of aliphatic hydroxyl groups is 1. The first kappa shape index (κ1) is 16.8. The van der Waals surface area contributed by atoms with Gasteiger partial charge in [-0.25, -0.2) is 4.79 Å². The van der Waals surface area contributed by atoms with Crippen LogP contribution in [0.1, 0.15) is 21.8 Å². The van der Waals surface area contributed by atoms with Crippen molar-refractivity contribution < 1.29 is 24.1 Å². The summed E-state index contributed by atoms with van der Waals surface area (Å²) >= 11 is 0. The van der Waals surface area contributed by atoms with Gasteiger partial charge in [0.2, 0.25) is 0 Å². The van der Waals surface area contributed by atoms with Crippen molar-refractivity contribution in [2.75, 3.05) is 27.4 Å². The molecule has 1 atom stereocenters. The van der Waals surface area contributed by atoms with E-state index in [-0.39, 0.29) is 19.1 Å². The molecule has 5 nitrogen and oxygen atoms in total. The first-order valence-corrected chi connectivity index (χ1v) is 7.24. The number of esters is 1. The maximum atomic E-state index is 12.2. The second-order valence-corrected chi connectivity index (χ2v) is 4.99. The molecule has 2 rings (SSSR count). The van der Waals surface area contributed by atoms with Gasteiger partial charge in [-0.1, -0.05) is 30.3 Å². The normalized spacial score (nSPS) is 11.6. The fraction of sp³-hybridized carbons (Fsp3) is 0.278. The number of aliphatic hydroxyl groups excluding tert-OH is 1. The summed E-state index contributed by atoms with van der Waals surface area (Å²) in [5.41, 5.74) is 1.26. The van der Waals surface area contributed by atoms with Crippen molar-refractivity contribution in [3.8, 4) is 11.5 Å². The van der Waals surface area contributed by atoms with Gasteiger partial charge in [0.05, 0.1) is 26.4 Å². The molecule has 0 spiro atoms. The number of carbonyl (C=O) groups is 1. The summed E-state index contributed by atoms with van der Waals surface area (Å²) in [6.45, 7) is -0.00238. The largest absolute Gasteiger partial charge is 0.497 e. The molecule has 0 bridgehead atoms. The molecule has 0 aliphatic heterocycles. The number of rotatable bonds is 7. The van der Waals surface area contributed by atoms with Crippen LogP contribution in [0.25, 0.3) is 0 Å². The highest BCUT2D eigenvalue weighted by molar-refractivity contribution is 5.90. The molecule has 0 aliphatic carbocycles. The molecule has 0 amide bonds. The molecule has 0 saturated carbocycles. The van der Waals surface area contributed by atoms with E-state index in [0.717, 1.165) is 5.56 Å². The van der Waals surface area contributed by atoms with Gasteiger partial charge in [0, 0.05) is 12.0 Å². The Kier molecular flexibility index (Phi) is 6.00. The highest BCUT2D eigenvalue weighted by atomic mass is 16.5. The molecule has 2 aromatic carbocycles. The van der Waals surface area contributed by atoms with Crippen LogP contribution in [0.4, 0.5) is 0 Å². The quantitative estimate of drug-likeness (QED) is 0.796. The summed E-state index contributed by atoms with van der Waals surface area (Å²) in [7, 11) is 3.03. The lowest BCUT2D eigenvalue weighted by molar-refractivity contribution is 0.0450. The second kappa shape index (κ2) is 8.19. The van der Waals surface area contributed by atoms with E-state index in [0.29, 0.717) is 17.1 Å². The van der Waals surface area contributed by atoms with Crippen molar-refractivity contribution in [2.24, 2.45) is 0 Å². The Balaban J connectivity index is 2.07. The number of hydrogen-bond acceptors (Lipinski definition) is 5. The van der Waals surface area contributed by atoms with Gasteiger partial charge in [-0.15, -0.1) is 0 Å². The molecule has 1 N–H and O–H groups in total. The number of carbonyl (C=O) groups excluding carboxylic acids is 1. The average molecular weight is 316 g/mol. The zero-order valence-electron chi connectivity index (χ0n) is 13.2. The predicted molar refractivity (Wildman–Crippen MR) is 86.1 cm³/mol. The van der Waals surface area contributed by atoms with E-state index in [1.54, 1.807) is 18.2 Å². The summed E-state index contributed by atoms with van der Waals surface area (Å²) in [5, 5.41) is 9.50. The van der Waals surface area contributed by atoms with Crippen LogP contribution in [0.15, 0.2) is 48.5 Å². The minimum atomic E-state index is -0.489. The molecule has 0 fully saturated rings. The number of methoxy groups -OCH3 is 2. The molecular weight excluding hydrogens is 296 g/mol. The van der Waals surface area contributed by atoms with Gasteiger partial charge >= 0.3 is 5.97 Å². The van der Waals surface area contributed by atoms with Crippen LogP contribution in [0, 0.1) is 0 Å². The molecule has 0 heterocycles. The third-order valence-electron chi connectivity index (χ3n) is 3.49. The van der Waals surface area contributed by atoms with E-state index in [9.17, 15) is 9.90 Å². The van der Waals surface area contributed by atoms with Crippen molar-refractivity contribution in [3.05, 3.63) is 59.7 Å². The van der Waals surface area contributed by atoms with Crippen molar-refractivity contribution in [3.63, 3.8) is 0 Å². The zero-order chi connectivity index (χ0) is 16.7. The van der Waals surface area contributed by atoms with Crippen molar-refractivity contribution in [2.45, 2.75) is 5.92 Å². The predicted octanol–water partition coefficient (Wildman–Crippen LogP) is 2.64. The van der Waals surface area contributed by atoms with Gasteiger partial charge in [0.15, 0.2) is 0 Å². The number of hydrogen-bond donors (Lipinski definition) is 1. The van der Waals surface area contributed by atoms with Crippen LogP contribution in [0.5, 0.6) is 11.5 Å². The highest BCUT2D eigenvalue weighted by Crippen LogP contribution is 2.23. The SMILES string of the molecule is COc1cc(OC)cc(C(=O)OCC(CO)c2ccccc2)c1. The van der Waals surface area contributed by atoms with Crippen molar-refractivity contribution in [1.29, 1.82) is 0 Å². The molecule has 2 aromatic rings. The van der Waals surface area contributed by atoms with Gasteiger partial charge in [0.1, 0.15) is 18.1 Å². The first-order chi connectivity index (χ1) is 11.2. The smallest absolute Gasteiger partial charge is 0.338 e. The number of ether oxygens (including phenoxy) is 3. The summed E-state index contributed by atoms with van der Waals surface area (Å²) < 4.78 is 15.6. The Bertz CT molecular complexity index is 617. The van der Waals surface area contributed by atoms with Gasteiger partial charge in [-0.2, -0.15) is 0 Å². The zero-order valence-corrected chi connectivity index (χ0v) is 13.2. The lowest BCUT2D eigenvalue weighted by Crippen LogP contribution is -2.16. The molecule has 0 aromatic heterocycles. The third kappa shape index (κ3) is 4.47. The molecular formula is C18H20O5. The van der Waals surface area contributed by atoms with Gasteiger partial charge in [-0.05, 0) is 17.7 Å². The molecule has 0 saturated heterocycles. The highest BCUT2D eigenvalue weighted by Gasteiger charge is 2.16. The monoisotopic (exact) mass is 316 g/mol. The first-order valence-electron chi connectivity index (χ1n) is 7.24. The molecule has 1 unspecified atom stereocenters. The Labute approximate surface area is 135 Å². The van der Waals surface area contributed by atoms with E-state index in [2.05, 4.69) is 0 Å². The lowest BCUT2D eigenvalue weighted by Gasteiger charge is -2.15. The van der Waals surface area contributed by atoms with Gasteiger partial charge < -0.3 is 19.3 Å². The van der Waals surface area contributed by atoms with E-state index in [1.807, 2.05) is 30.3 Å². The van der Waals surface area contributed by atoms with Crippen molar-refractivity contribution >= 4 is 5.97 Å². The average Bonchev–Trinajstić information content (AvgIpc) is 2.62. The van der Waals surface area contributed by atoms with E-state index < -0.39 is 5.97 Å². The van der Waals surface area contributed by atoms with Gasteiger partial charge in [-0.3, -0.25) is 0 Å². The van der Waals surface area contributed by atoms with Crippen LogP contribution in [-0.4, -0.2) is 38.5 Å². The van der Waals surface area contributed by atoms with E-state index in [1.165, 1.54) is 14.2 Å². The Morgan fingerprint density at radius 1 is 1.04 bits per heavy atom. The molecule has 5 heteroatoms. The maximum absolute atomic E-state index is 12.2. The minimum absolute atomic E-state index is 0.0961. The minimum Gasteiger partial charge on any atom is -0.497 e. The standard InChI is InChI=1S/C18H20O5/c1-21-16-8-14(9-17(10-16)22-2)18(20)23-12-15(11-19)13-6-4-3-5-7-13/h3-10,15,19H,11-12H2,1-2H3. The maximum Gasteiger partial charge on any atom is 0.338 e. The van der Waals surface area contributed by atoms with Crippen LogP contribution < -0.4 is 9.47 Å². The fourth-order valence-electron chi connectivity index (χ4n) is 2.16. The van der Waals surface area contributed by atoms with E-state index >= 15 is 0 Å². The second-order valence-electron chi connectivity index (χ2n) is 4.99. The van der Waals surface area contributed by atoms with Crippen LogP contribution in [0.3, 0.4) is 0 Å².